The molecular formula is C14H23Si. The van der Waals surface area contributed by atoms with Crippen LogP contribution in [-0.2, 0) is 0 Å². The molecule has 0 aromatic carbocycles. The van der Waals surface area contributed by atoms with Crippen LogP contribution in [0.3, 0.4) is 0 Å². The van der Waals surface area contributed by atoms with Crippen LogP contribution in [-0.4, -0.2) is 8.07 Å². The summed E-state index contributed by atoms with van der Waals surface area (Å²) in [6.45, 7) is 9.73. The van der Waals surface area contributed by atoms with Crippen molar-refractivity contribution in [2.45, 2.75) is 58.3 Å². The third-order valence-corrected chi connectivity index (χ3v) is 4.88. The lowest BCUT2D eigenvalue weighted by Crippen LogP contribution is -2.22. The van der Waals surface area contributed by atoms with Gasteiger partial charge in [0.15, 0.2) is 0 Å². The first-order valence-electron chi connectivity index (χ1n) is 6.24. The summed E-state index contributed by atoms with van der Waals surface area (Å²) in [5, 5.41) is 0. The molecule has 2 rings (SSSR count). The highest BCUT2D eigenvalue weighted by molar-refractivity contribution is 6.76. The van der Waals surface area contributed by atoms with E-state index in [1.54, 1.807) is 22.6 Å². The fourth-order valence-electron chi connectivity index (χ4n) is 2.86. The van der Waals surface area contributed by atoms with Gasteiger partial charge in [0.1, 0.15) is 0 Å². The average molecular weight is 219 g/mol. The second kappa shape index (κ2) is 3.93. The molecule has 0 atom stereocenters. The Morgan fingerprint density at radius 3 is 2.27 bits per heavy atom. The van der Waals surface area contributed by atoms with Gasteiger partial charge in [0.2, 0.25) is 0 Å². The molecule has 0 saturated heterocycles. The van der Waals surface area contributed by atoms with E-state index in [9.17, 15) is 0 Å². The molecule has 0 heterocycles. The van der Waals surface area contributed by atoms with Crippen molar-refractivity contribution < 1.29 is 0 Å². The second-order valence-electron chi connectivity index (χ2n) is 6.25. The van der Waals surface area contributed by atoms with E-state index in [1.165, 1.54) is 31.7 Å². The first-order chi connectivity index (χ1) is 6.97. The van der Waals surface area contributed by atoms with Gasteiger partial charge < -0.3 is 0 Å². The van der Waals surface area contributed by atoms with Crippen LogP contribution in [0.25, 0.3) is 0 Å². The van der Waals surface area contributed by atoms with Gasteiger partial charge in [0.25, 0.3) is 0 Å². The summed E-state index contributed by atoms with van der Waals surface area (Å²) < 4.78 is 0. The summed E-state index contributed by atoms with van der Waals surface area (Å²) in [6.07, 6.45) is 7.99. The van der Waals surface area contributed by atoms with Crippen molar-refractivity contribution in [2.24, 2.45) is 0 Å². The van der Waals surface area contributed by atoms with E-state index in [0.717, 1.165) is 0 Å². The first kappa shape index (κ1) is 11.2. The molecule has 83 valence electrons. The van der Waals surface area contributed by atoms with Crippen molar-refractivity contribution in [3.05, 3.63) is 28.7 Å². The van der Waals surface area contributed by atoms with Gasteiger partial charge >= 0.3 is 0 Å². The summed E-state index contributed by atoms with van der Waals surface area (Å²) in [5.41, 5.74) is 5.01. The van der Waals surface area contributed by atoms with Gasteiger partial charge in [-0.15, -0.1) is 0 Å². The Labute approximate surface area is 95.5 Å². The fourth-order valence-corrected chi connectivity index (χ4v) is 4.32. The van der Waals surface area contributed by atoms with Gasteiger partial charge in [-0.1, -0.05) is 36.9 Å². The van der Waals surface area contributed by atoms with E-state index in [4.69, 9.17) is 0 Å². The highest BCUT2D eigenvalue weighted by Crippen LogP contribution is 2.44. The van der Waals surface area contributed by atoms with Gasteiger partial charge in [0, 0.05) is 14.0 Å². The third-order valence-electron chi connectivity index (χ3n) is 3.44. The minimum absolute atomic E-state index is 0.944. The van der Waals surface area contributed by atoms with Crippen LogP contribution in [0.5, 0.6) is 0 Å². The number of hydrogen-bond donors (Lipinski definition) is 0. The lowest BCUT2D eigenvalue weighted by molar-refractivity contribution is 0.681. The summed E-state index contributed by atoms with van der Waals surface area (Å²) in [4.78, 5) is 0. The van der Waals surface area contributed by atoms with Crippen LogP contribution in [0, 0.1) is 5.92 Å². The van der Waals surface area contributed by atoms with E-state index in [0.29, 0.717) is 0 Å². The maximum atomic E-state index is 2.48. The van der Waals surface area contributed by atoms with Crippen LogP contribution < -0.4 is 0 Å². The highest BCUT2D eigenvalue weighted by Gasteiger charge is 2.30. The molecule has 0 unspecified atom stereocenters. The SMILES string of the molecule is CC1=C[C](C[Si](C)(C)C)C2=C1CCCC2. The molecule has 1 radical (unpaired) electrons. The predicted octanol–water partition coefficient (Wildman–Crippen LogP) is 4.73. The highest BCUT2D eigenvalue weighted by atomic mass is 28.3. The Morgan fingerprint density at radius 2 is 1.67 bits per heavy atom. The molecule has 0 spiro atoms. The summed E-state index contributed by atoms with van der Waals surface area (Å²) in [5.74, 6) is 1.70. The Morgan fingerprint density at radius 1 is 1.07 bits per heavy atom. The van der Waals surface area contributed by atoms with Crippen molar-refractivity contribution in [3.63, 3.8) is 0 Å². The Balaban J connectivity index is 2.18. The minimum Gasteiger partial charge on any atom is -0.0701 e. The minimum atomic E-state index is -0.944. The third kappa shape index (κ3) is 2.44. The van der Waals surface area contributed by atoms with Crippen LogP contribution in [0.15, 0.2) is 22.8 Å². The quantitative estimate of drug-likeness (QED) is 0.589. The molecule has 0 amide bonds. The Kier molecular flexibility index (Phi) is 2.93. The summed E-state index contributed by atoms with van der Waals surface area (Å²) in [6, 6.07) is 1.38. The van der Waals surface area contributed by atoms with Crippen LogP contribution >= 0.6 is 0 Å². The largest absolute Gasteiger partial charge is 0.0701 e. The van der Waals surface area contributed by atoms with E-state index < -0.39 is 8.07 Å². The van der Waals surface area contributed by atoms with E-state index in [2.05, 4.69) is 32.6 Å². The predicted molar refractivity (Wildman–Crippen MR) is 70.6 cm³/mol. The first-order valence-corrected chi connectivity index (χ1v) is 9.95. The zero-order valence-electron chi connectivity index (χ0n) is 10.6. The van der Waals surface area contributed by atoms with Crippen LogP contribution in [0.2, 0.25) is 25.7 Å². The maximum Gasteiger partial charge on any atom is 0.0454 e. The maximum absolute atomic E-state index is 2.48. The molecule has 15 heavy (non-hydrogen) atoms. The van der Waals surface area contributed by atoms with Crippen LogP contribution in [0.1, 0.15) is 32.6 Å². The molecule has 0 aromatic rings. The molecule has 0 fully saturated rings. The summed E-state index contributed by atoms with van der Waals surface area (Å²) >= 11 is 0. The molecule has 0 N–H and O–H groups in total. The standard InChI is InChI=1S/C14H23Si/c1-11-9-12(10-15(2,3)4)14-8-6-5-7-13(11)14/h9H,5-8,10H2,1-4H3. The van der Waals surface area contributed by atoms with Crippen molar-refractivity contribution in [2.75, 3.05) is 0 Å². The molecule has 0 nitrogen and oxygen atoms in total. The zero-order chi connectivity index (χ0) is 11.1. The van der Waals surface area contributed by atoms with E-state index in [-0.39, 0.29) is 0 Å². The van der Waals surface area contributed by atoms with Crippen molar-refractivity contribution in [1.29, 1.82) is 0 Å². The molecule has 2 aliphatic carbocycles. The molecule has 0 aromatic heterocycles. The molecule has 1 heteroatoms. The van der Waals surface area contributed by atoms with Crippen molar-refractivity contribution >= 4 is 8.07 Å². The Bertz CT molecular complexity index is 315. The monoisotopic (exact) mass is 219 g/mol. The Hall–Kier alpha value is -0.303. The summed E-state index contributed by atoms with van der Waals surface area (Å²) in [7, 11) is -0.944. The number of hydrogen-bond acceptors (Lipinski definition) is 0. The lowest BCUT2D eigenvalue weighted by atomic mass is 9.88. The fraction of sp³-hybridized carbons (Fsp3) is 0.643. The molecule has 2 aliphatic rings. The lowest BCUT2D eigenvalue weighted by Gasteiger charge is -2.24. The van der Waals surface area contributed by atoms with Gasteiger partial charge in [-0.2, -0.15) is 0 Å². The van der Waals surface area contributed by atoms with Crippen LogP contribution in [0.4, 0.5) is 0 Å². The molecule has 0 aliphatic heterocycles. The van der Waals surface area contributed by atoms with E-state index >= 15 is 0 Å². The molecular weight excluding hydrogens is 196 g/mol. The molecule has 0 bridgehead atoms. The second-order valence-corrected chi connectivity index (χ2v) is 11.7. The number of rotatable bonds is 2. The normalized spacial score (nSPS) is 23.1. The van der Waals surface area contributed by atoms with Gasteiger partial charge in [0.05, 0.1) is 0 Å². The zero-order valence-corrected chi connectivity index (χ0v) is 11.6. The number of allylic oxidation sites excluding steroid dienone is 4. The van der Waals surface area contributed by atoms with Crippen molar-refractivity contribution in [3.8, 4) is 0 Å². The molecule has 0 saturated carbocycles. The average Bonchev–Trinajstić information content (AvgIpc) is 2.42. The van der Waals surface area contributed by atoms with Gasteiger partial charge in [-0.05, 0) is 44.2 Å². The van der Waals surface area contributed by atoms with E-state index in [1.807, 2.05) is 0 Å². The van der Waals surface area contributed by atoms with Gasteiger partial charge in [-0.3, -0.25) is 0 Å². The topological polar surface area (TPSA) is 0 Å². The van der Waals surface area contributed by atoms with Crippen molar-refractivity contribution in [1.82, 2.24) is 0 Å². The van der Waals surface area contributed by atoms with Gasteiger partial charge in [-0.25, -0.2) is 0 Å². The smallest absolute Gasteiger partial charge is 0.0454 e.